The van der Waals surface area contributed by atoms with E-state index in [1.165, 1.54) is 12.1 Å². The third-order valence-corrected chi connectivity index (χ3v) is 5.66. The van der Waals surface area contributed by atoms with Gasteiger partial charge in [0.25, 0.3) is 5.91 Å². The molecule has 0 atom stereocenters. The summed E-state index contributed by atoms with van der Waals surface area (Å²) in [6.45, 7) is 10.3. The highest BCUT2D eigenvalue weighted by Crippen LogP contribution is 2.34. The van der Waals surface area contributed by atoms with Crippen molar-refractivity contribution >= 4 is 23.3 Å². The molecule has 0 unspecified atom stereocenters. The minimum atomic E-state index is -0.673. The average Bonchev–Trinajstić information content (AvgIpc) is 2.84. The summed E-state index contributed by atoms with van der Waals surface area (Å²) in [6, 6.07) is 9.28. The van der Waals surface area contributed by atoms with E-state index in [0.29, 0.717) is 43.2 Å². The Morgan fingerprint density at radius 1 is 1.06 bits per heavy atom. The van der Waals surface area contributed by atoms with Gasteiger partial charge in [0.1, 0.15) is 29.7 Å². The van der Waals surface area contributed by atoms with Gasteiger partial charge >= 0.3 is 0 Å². The molecule has 196 valence electrons. The van der Waals surface area contributed by atoms with Gasteiger partial charge in [0.2, 0.25) is 0 Å². The number of nitrogens with one attached hydrogen (secondary N) is 3. The Hall–Kier alpha value is -3.63. The maximum Gasteiger partial charge on any atom is 0.287 e. The summed E-state index contributed by atoms with van der Waals surface area (Å²) in [4.78, 5) is 15.7. The van der Waals surface area contributed by atoms with Crippen molar-refractivity contribution in [1.29, 1.82) is 10.8 Å². The Kier molecular flexibility index (Phi) is 10.7. The molecule has 2 aromatic rings. The molecule has 0 aliphatic carbocycles. The van der Waals surface area contributed by atoms with Crippen LogP contribution in [0.15, 0.2) is 36.4 Å². The lowest BCUT2D eigenvalue weighted by molar-refractivity contribution is -0.114. The van der Waals surface area contributed by atoms with Crippen molar-refractivity contribution in [2.75, 3.05) is 44.3 Å². The summed E-state index contributed by atoms with van der Waals surface area (Å²) in [5, 5.41) is 49.7. The minimum Gasteiger partial charge on any atom is -0.508 e. The Morgan fingerprint density at radius 2 is 1.72 bits per heavy atom. The van der Waals surface area contributed by atoms with Crippen molar-refractivity contribution < 1.29 is 24.9 Å². The Labute approximate surface area is 212 Å². The molecule has 1 amide bonds. The zero-order valence-corrected chi connectivity index (χ0v) is 21.3. The SMILES string of the molecule is CCNC(=O)C(=N)N(C(=N)c1cc(C(C)C)c(O)cc1O)c1ccc(OCCN(CC)CCO)cc1. The molecule has 0 aliphatic heterocycles. The number of aliphatic hydroxyl groups excluding tert-OH is 1. The van der Waals surface area contributed by atoms with Gasteiger partial charge in [-0.15, -0.1) is 0 Å². The topological polar surface area (TPSA) is 153 Å². The third-order valence-electron chi connectivity index (χ3n) is 5.66. The number of benzene rings is 2. The number of anilines is 1. The van der Waals surface area contributed by atoms with E-state index >= 15 is 0 Å². The summed E-state index contributed by atoms with van der Waals surface area (Å²) >= 11 is 0. The van der Waals surface area contributed by atoms with Crippen LogP contribution in [0, 0.1) is 10.8 Å². The molecule has 0 fully saturated rings. The molecule has 36 heavy (non-hydrogen) atoms. The number of rotatable bonds is 11. The van der Waals surface area contributed by atoms with Crippen LogP contribution in [0.4, 0.5) is 5.69 Å². The molecule has 2 rings (SSSR count). The van der Waals surface area contributed by atoms with Crippen LogP contribution in [0.25, 0.3) is 0 Å². The summed E-state index contributed by atoms with van der Waals surface area (Å²) in [7, 11) is 0. The summed E-state index contributed by atoms with van der Waals surface area (Å²) in [5.41, 5.74) is 0.968. The van der Waals surface area contributed by atoms with Crippen LogP contribution in [0.1, 0.15) is 44.7 Å². The fourth-order valence-electron chi connectivity index (χ4n) is 3.64. The van der Waals surface area contributed by atoms with Crippen LogP contribution in [0.3, 0.4) is 0 Å². The number of phenols is 2. The maximum absolute atomic E-state index is 12.5. The zero-order chi connectivity index (χ0) is 26.8. The predicted molar refractivity (Wildman–Crippen MR) is 141 cm³/mol. The molecule has 0 heterocycles. The monoisotopic (exact) mass is 499 g/mol. The summed E-state index contributed by atoms with van der Waals surface area (Å²) in [6.07, 6.45) is 0. The average molecular weight is 500 g/mol. The molecule has 0 spiro atoms. The van der Waals surface area contributed by atoms with Gasteiger partial charge in [0, 0.05) is 31.4 Å². The van der Waals surface area contributed by atoms with Crippen LogP contribution < -0.4 is 15.0 Å². The molecular weight excluding hydrogens is 462 g/mol. The van der Waals surface area contributed by atoms with Crippen molar-refractivity contribution in [3.63, 3.8) is 0 Å². The number of hydrogen-bond acceptors (Lipinski definition) is 8. The molecule has 0 aromatic heterocycles. The fourth-order valence-corrected chi connectivity index (χ4v) is 3.64. The quantitative estimate of drug-likeness (QED) is 0.205. The first-order chi connectivity index (χ1) is 17.1. The van der Waals surface area contributed by atoms with Crippen molar-refractivity contribution in [3.8, 4) is 17.2 Å². The molecule has 0 saturated carbocycles. The highest BCUT2D eigenvalue weighted by atomic mass is 16.5. The van der Waals surface area contributed by atoms with Crippen molar-refractivity contribution in [2.45, 2.75) is 33.6 Å². The van der Waals surface area contributed by atoms with Gasteiger partial charge in [-0.05, 0) is 55.3 Å². The summed E-state index contributed by atoms with van der Waals surface area (Å²) in [5.74, 6) is -1.38. The van der Waals surface area contributed by atoms with E-state index in [2.05, 4.69) is 10.2 Å². The highest BCUT2D eigenvalue weighted by Gasteiger charge is 2.27. The predicted octanol–water partition coefficient (Wildman–Crippen LogP) is 2.86. The number of phenolic OH excluding ortho intramolecular Hbond substituents is 2. The van der Waals surface area contributed by atoms with Crippen LogP contribution in [-0.2, 0) is 4.79 Å². The van der Waals surface area contributed by atoms with Crippen LogP contribution in [-0.4, -0.2) is 77.2 Å². The normalized spacial score (nSPS) is 11.0. The van der Waals surface area contributed by atoms with Gasteiger partial charge < -0.3 is 25.4 Å². The van der Waals surface area contributed by atoms with Crippen LogP contribution in [0.2, 0.25) is 0 Å². The number of hydrogen-bond donors (Lipinski definition) is 6. The van der Waals surface area contributed by atoms with E-state index in [1.54, 1.807) is 31.2 Å². The number of ether oxygens (including phenoxy) is 1. The van der Waals surface area contributed by atoms with Crippen molar-refractivity contribution in [1.82, 2.24) is 10.2 Å². The number of aliphatic hydroxyl groups is 1. The van der Waals surface area contributed by atoms with Crippen LogP contribution >= 0.6 is 0 Å². The van der Waals surface area contributed by atoms with Crippen LogP contribution in [0.5, 0.6) is 17.2 Å². The molecule has 2 aromatic carbocycles. The number of carbonyl (C=O) groups excluding carboxylic acids is 1. The van der Waals surface area contributed by atoms with Crippen molar-refractivity contribution in [2.24, 2.45) is 0 Å². The first-order valence-electron chi connectivity index (χ1n) is 12.0. The number of carbonyl (C=O) groups is 1. The second-order valence-electron chi connectivity index (χ2n) is 8.48. The molecule has 0 bridgehead atoms. The molecule has 10 nitrogen and oxygen atoms in total. The van der Waals surface area contributed by atoms with E-state index in [-0.39, 0.29) is 35.4 Å². The molecule has 6 N–H and O–H groups in total. The Bertz CT molecular complexity index is 1060. The molecule has 0 saturated heterocycles. The molecular formula is C26H37N5O5. The van der Waals surface area contributed by atoms with E-state index in [9.17, 15) is 15.0 Å². The number of amides is 1. The van der Waals surface area contributed by atoms with Gasteiger partial charge in [-0.3, -0.25) is 25.4 Å². The fraction of sp³-hybridized carbons (Fsp3) is 0.423. The van der Waals surface area contributed by atoms with E-state index in [0.717, 1.165) is 11.4 Å². The lowest BCUT2D eigenvalue weighted by atomic mass is 9.98. The van der Waals surface area contributed by atoms with E-state index in [4.69, 9.17) is 20.7 Å². The van der Waals surface area contributed by atoms with E-state index in [1.807, 2.05) is 20.8 Å². The number of nitrogens with zero attached hydrogens (tertiary/aromatic N) is 2. The lowest BCUT2D eigenvalue weighted by Crippen LogP contribution is -2.46. The lowest BCUT2D eigenvalue weighted by Gasteiger charge is -2.26. The van der Waals surface area contributed by atoms with Gasteiger partial charge in [-0.1, -0.05) is 20.8 Å². The van der Waals surface area contributed by atoms with Crippen molar-refractivity contribution in [3.05, 3.63) is 47.5 Å². The van der Waals surface area contributed by atoms with E-state index < -0.39 is 11.7 Å². The number of aromatic hydroxyl groups is 2. The first kappa shape index (κ1) is 28.6. The Balaban J connectivity index is 2.36. The van der Waals surface area contributed by atoms with Gasteiger partial charge in [-0.2, -0.15) is 0 Å². The zero-order valence-electron chi connectivity index (χ0n) is 21.3. The molecule has 0 aliphatic rings. The largest absolute Gasteiger partial charge is 0.508 e. The highest BCUT2D eigenvalue weighted by molar-refractivity contribution is 6.48. The first-order valence-corrected chi connectivity index (χ1v) is 12.0. The second kappa shape index (κ2) is 13.5. The number of amidine groups is 2. The second-order valence-corrected chi connectivity index (χ2v) is 8.48. The smallest absolute Gasteiger partial charge is 0.287 e. The third kappa shape index (κ3) is 7.19. The minimum absolute atomic E-state index is 0.0779. The Morgan fingerprint density at radius 3 is 2.28 bits per heavy atom. The maximum atomic E-state index is 12.5. The number of likely N-dealkylation sites (N-methyl/N-ethyl adjacent to an activating group) is 2. The summed E-state index contributed by atoms with van der Waals surface area (Å²) < 4.78 is 5.79. The molecule has 10 heteroatoms. The standard InChI is InChI=1S/C26H37N5O5/c1-5-29-26(35)25(28)31(24(27)21-15-20(17(3)4)22(33)16-23(21)34)18-7-9-19(10-8-18)36-14-12-30(6-2)11-13-32/h7-10,15-17,27-28,32-34H,5-6,11-14H2,1-4H3,(H,29,35). The van der Waals surface area contributed by atoms with Gasteiger partial charge in [0.05, 0.1) is 12.2 Å². The van der Waals surface area contributed by atoms with Gasteiger partial charge in [-0.25, -0.2) is 0 Å². The van der Waals surface area contributed by atoms with Gasteiger partial charge in [0.15, 0.2) is 5.84 Å². The molecule has 0 radical (unpaired) electrons.